The molecule has 102 valence electrons. The molecular weight excluding hydrogens is 244 g/mol. The van der Waals surface area contributed by atoms with Gasteiger partial charge in [0, 0.05) is 19.8 Å². The van der Waals surface area contributed by atoms with Crippen LogP contribution >= 0.6 is 0 Å². The van der Waals surface area contributed by atoms with Crippen molar-refractivity contribution in [2.24, 2.45) is 12.8 Å². The molecule has 19 heavy (non-hydrogen) atoms. The highest BCUT2D eigenvalue weighted by atomic mass is 16.5. The molecule has 2 aromatic heterocycles. The highest BCUT2D eigenvalue weighted by Gasteiger charge is 2.20. The summed E-state index contributed by atoms with van der Waals surface area (Å²) < 4.78 is 6.93. The standard InChI is InChI=1S/C12H18N6O/c1-17-7-9(6-14-17)12-15-11(16-19-12)10(13)8-18-4-2-3-5-18/h6-7,10H,2-5,8,13H2,1H3. The summed E-state index contributed by atoms with van der Waals surface area (Å²) >= 11 is 0. The lowest BCUT2D eigenvalue weighted by Gasteiger charge is -2.17. The molecule has 1 saturated heterocycles. The van der Waals surface area contributed by atoms with Crippen LogP contribution in [0.3, 0.4) is 0 Å². The lowest BCUT2D eigenvalue weighted by atomic mass is 10.3. The van der Waals surface area contributed by atoms with E-state index in [2.05, 4.69) is 20.1 Å². The quantitative estimate of drug-likeness (QED) is 0.866. The Morgan fingerprint density at radius 2 is 2.21 bits per heavy atom. The number of aromatic nitrogens is 4. The number of nitrogens with two attached hydrogens (primary N) is 1. The minimum Gasteiger partial charge on any atom is -0.334 e. The first kappa shape index (κ1) is 12.3. The summed E-state index contributed by atoms with van der Waals surface area (Å²) in [6.45, 7) is 3.01. The maximum Gasteiger partial charge on any atom is 0.261 e. The summed E-state index contributed by atoms with van der Waals surface area (Å²) in [6.07, 6.45) is 6.03. The first-order valence-corrected chi connectivity index (χ1v) is 6.53. The third-order valence-electron chi connectivity index (χ3n) is 3.38. The van der Waals surface area contributed by atoms with Crippen molar-refractivity contribution >= 4 is 0 Å². The van der Waals surface area contributed by atoms with Gasteiger partial charge in [-0.15, -0.1) is 0 Å². The molecule has 0 spiro atoms. The van der Waals surface area contributed by atoms with Crippen LogP contribution in [0.5, 0.6) is 0 Å². The predicted octanol–water partition coefficient (Wildman–Crippen LogP) is 0.566. The third kappa shape index (κ3) is 2.66. The van der Waals surface area contributed by atoms with Crippen molar-refractivity contribution < 1.29 is 4.52 Å². The first-order valence-electron chi connectivity index (χ1n) is 6.53. The number of likely N-dealkylation sites (tertiary alicyclic amines) is 1. The van der Waals surface area contributed by atoms with E-state index in [1.807, 2.05) is 13.2 Å². The summed E-state index contributed by atoms with van der Waals surface area (Å²) in [5, 5.41) is 8.05. The molecule has 7 heteroatoms. The molecule has 0 radical (unpaired) electrons. The van der Waals surface area contributed by atoms with Crippen LogP contribution in [0.4, 0.5) is 0 Å². The molecule has 3 rings (SSSR count). The van der Waals surface area contributed by atoms with E-state index in [1.165, 1.54) is 12.8 Å². The van der Waals surface area contributed by atoms with Crippen molar-refractivity contribution in [2.75, 3.05) is 19.6 Å². The zero-order valence-electron chi connectivity index (χ0n) is 11.0. The lowest BCUT2D eigenvalue weighted by Crippen LogP contribution is -2.30. The summed E-state index contributed by atoms with van der Waals surface area (Å²) in [4.78, 5) is 6.69. The Morgan fingerprint density at radius 1 is 1.42 bits per heavy atom. The zero-order valence-corrected chi connectivity index (χ0v) is 11.0. The van der Waals surface area contributed by atoms with Gasteiger partial charge in [0.25, 0.3) is 5.89 Å². The normalized spacial score (nSPS) is 18.0. The molecule has 1 unspecified atom stereocenters. The van der Waals surface area contributed by atoms with Crippen molar-refractivity contribution in [3.8, 4) is 11.5 Å². The van der Waals surface area contributed by atoms with Gasteiger partial charge in [-0.1, -0.05) is 5.16 Å². The maximum absolute atomic E-state index is 6.12. The fourth-order valence-corrected chi connectivity index (χ4v) is 2.36. The van der Waals surface area contributed by atoms with E-state index in [4.69, 9.17) is 10.3 Å². The molecule has 0 aliphatic carbocycles. The second kappa shape index (κ2) is 5.10. The molecule has 1 aliphatic rings. The van der Waals surface area contributed by atoms with Gasteiger partial charge in [0.05, 0.1) is 17.8 Å². The number of hydrogen-bond donors (Lipinski definition) is 1. The van der Waals surface area contributed by atoms with E-state index < -0.39 is 0 Å². The summed E-state index contributed by atoms with van der Waals surface area (Å²) in [7, 11) is 1.85. The van der Waals surface area contributed by atoms with Gasteiger partial charge in [-0.25, -0.2) is 0 Å². The summed E-state index contributed by atoms with van der Waals surface area (Å²) in [5.74, 6) is 1.03. The average molecular weight is 262 g/mol. The predicted molar refractivity (Wildman–Crippen MR) is 69.1 cm³/mol. The summed E-state index contributed by atoms with van der Waals surface area (Å²) in [6, 6.07) is -0.202. The van der Waals surface area contributed by atoms with Crippen LogP contribution < -0.4 is 5.73 Å². The molecule has 2 N–H and O–H groups in total. The van der Waals surface area contributed by atoms with E-state index >= 15 is 0 Å². The molecule has 3 heterocycles. The largest absolute Gasteiger partial charge is 0.334 e. The minimum absolute atomic E-state index is 0.202. The van der Waals surface area contributed by atoms with Crippen molar-refractivity contribution in [2.45, 2.75) is 18.9 Å². The third-order valence-corrected chi connectivity index (χ3v) is 3.38. The molecule has 0 saturated carbocycles. The van der Waals surface area contributed by atoms with Crippen molar-refractivity contribution in [1.82, 2.24) is 24.8 Å². The van der Waals surface area contributed by atoms with Gasteiger partial charge in [-0.05, 0) is 25.9 Å². The van der Waals surface area contributed by atoms with Gasteiger partial charge in [-0.2, -0.15) is 10.1 Å². The van der Waals surface area contributed by atoms with Crippen molar-refractivity contribution in [3.05, 3.63) is 18.2 Å². The smallest absolute Gasteiger partial charge is 0.261 e. The van der Waals surface area contributed by atoms with E-state index in [-0.39, 0.29) is 6.04 Å². The van der Waals surface area contributed by atoms with E-state index in [1.54, 1.807) is 10.9 Å². The van der Waals surface area contributed by atoms with Crippen LogP contribution in [-0.2, 0) is 7.05 Å². The molecule has 1 aliphatic heterocycles. The van der Waals surface area contributed by atoms with E-state index in [0.717, 1.165) is 25.2 Å². The SMILES string of the molecule is Cn1cc(-c2nc(C(N)CN3CCCC3)no2)cn1. The molecule has 0 bridgehead atoms. The second-order valence-electron chi connectivity index (χ2n) is 4.97. The van der Waals surface area contributed by atoms with E-state index in [0.29, 0.717) is 11.7 Å². The maximum atomic E-state index is 6.12. The molecule has 2 aromatic rings. The van der Waals surface area contributed by atoms with Crippen LogP contribution in [-0.4, -0.2) is 44.5 Å². The number of nitrogens with zero attached hydrogens (tertiary/aromatic N) is 5. The van der Waals surface area contributed by atoms with Gasteiger partial charge in [0.1, 0.15) is 0 Å². The second-order valence-corrected chi connectivity index (χ2v) is 4.97. The van der Waals surface area contributed by atoms with Crippen LogP contribution in [0.15, 0.2) is 16.9 Å². The number of hydrogen-bond acceptors (Lipinski definition) is 6. The average Bonchev–Trinajstić information content (AvgIpc) is 3.07. The molecule has 0 aromatic carbocycles. The Labute approximate surface area is 111 Å². The molecule has 7 nitrogen and oxygen atoms in total. The lowest BCUT2D eigenvalue weighted by molar-refractivity contribution is 0.306. The van der Waals surface area contributed by atoms with Gasteiger partial charge in [-0.3, -0.25) is 4.68 Å². The van der Waals surface area contributed by atoms with Crippen molar-refractivity contribution in [3.63, 3.8) is 0 Å². The van der Waals surface area contributed by atoms with Crippen molar-refractivity contribution in [1.29, 1.82) is 0 Å². The summed E-state index contributed by atoms with van der Waals surface area (Å²) in [5.41, 5.74) is 6.94. The Kier molecular flexibility index (Phi) is 3.31. The van der Waals surface area contributed by atoms with Crippen LogP contribution in [0.1, 0.15) is 24.7 Å². The van der Waals surface area contributed by atoms with E-state index in [9.17, 15) is 0 Å². The van der Waals surface area contributed by atoms with Gasteiger partial charge in [0.2, 0.25) is 0 Å². The van der Waals surface area contributed by atoms with Gasteiger partial charge >= 0.3 is 0 Å². The minimum atomic E-state index is -0.202. The molecule has 1 fully saturated rings. The van der Waals surface area contributed by atoms with Crippen LogP contribution in [0, 0.1) is 0 Å². The Hall–Kier alpha value is -1.73. The fraction of sp³-hybridized carbons (Fsp3) is 0.583. The fourth-order valence-electron chi connectivity index (χ4n) is 2.36. The topological polar surface area (TPSA) is 86.0 Å². The van der Waals surface area contributed by atoms with Crippen LogP contribution in [0.25, 0.3) is 11.5 Å². The van der Waals surface area contributed by atoms with Gasteiger partial charge < -0.3 is 15.2 Å². The van der Waals surface area contributed by atoms with Crippen LogP contribution in [0.2, 0.25) is 0 Å². The highest BCUT2D eigenvalue weighted by molar-refractivity contribution is 5.49. The van der Waals surface area contributed by atoms with Gasteiger partial charge in [0.15, 0.2) is 5.82 Å². The molecular formula is C12H18N6O. The highest BCUT2D eigenvalue weighted by Crippen LogP contribution is 2.19. The zero-order chi connectivity index (χ0) is 13.2. The number of rotatable bonds is 4. The Balaban J connectivity index is 1.69. The molecule has 1 atom stereocenters. The molecule has 0 amide bonds. The Bertz CT molecular complexity index is 542. The Morgan fingerprint density at radius 3 is 2.89 bits per heavy atom. The number of aryl methyl sites for hydroxylation is 1. The monoisotopic (exact) mass is 262 g/mol. The first-order chi connectivity index (χ1) is 9.22.